The number of fused-ring (bicyclic) bond motifs is 1. The Morgan fingerprint density at radius 2 is 1.74 bits per heavy atom. The Balaban J connectivity index is 1.75. The van der Waals surface area contributed by atoms with Gasteiger partial charge in [0.2, 0.25) is 0 Å². The van der Waals surface area contributed by atoms with Gasteiger partial charge >= 0.3 is 0 Å². The van der Waals surface area contributed by atoms with E-state index in [1.54, 1.807) is 0 Å². The molecule has 0 atom stereocenters. The van der Waals surface area contributed by atoms with Gasteiger partial charge in [-0.2, -0.15) is 0 Å². The van der Waals surface area contributed by atoms with Gasteiger partial charge in [-0.05, 0) is 34.5 Å². The zero-order valence-electron chi connectivity index (χ0n) is 12.8. The minimum atomic E-state index is 0.694. The molecule has 0 amide bonds. The Hall–Kier alpha value is -2.98. The van der Waals surface area contributed by atoms with Gasteiger partial charge in [0, 0.05) is 24.0 Å². The molecular formula is C19H20N4. The standard InChI is InChI=1S/C19H20N4/c20-12-19(23-21)17-6-3-7-18(11-17)22-13-14-8-9-15-4-1-2-5-16(15)10-14/h1-12,22-23H,13,20-21H2/b19-12-. The molecule has 6 N–H and O–H groups in total. The highest BCUT2D eigenvalue weighted by Gasteiger charge is 2.01. The van der Waals surface area contributed by atoms with Gasteiger partial charge in [-0.25, -0.2) is 0 Å². The molecule has 3 aromatic rings. The van der Waals surface area contributed by atoms with E-state index in [9.17, 15) is 0 Å². The van der Waals surface area contributed by atoms with Crippen LogP contribution in [0.5, 0.6) is 0 Å². The van der Waals surface area contributed by atoms with Gasteiger partial charge in [-0.15, -0.1) is 0 Å². The Morgan fingerprint density at radius 1 is 0.913 bits per heavy atom. The van der Waals surface area contributed by atoms with Gasteiger partial charge in [-0.3, -0.25) is 5.84 Å². The fourth-order valence-electron chi connectivity index (χ4n) is 2.58. The van der Waals surface area contributed by atoms with Crippen molar-refractivity contribution in [3.8, 4) is 0 Å². The maximum absolute atomic E-state index is 5.56. The topological polar surface area (TPSA) is 76.1 Å². The third-order valence-electron chi connectivity index (χ3n) is 3.81. The molecule has 0 saturated heterocycles. The maximum atomic E-state index is 5.56. The van der Waals surface area contributed by atoms with Crippen molar-refractivity contribution < 1.29 is 0 Å². The van der Waals surface area contributed by atoms with Crippen LogP contribution in [0.3, 0.4) is 0 Å². The highest BCUT2D eigenvalue weighted by molar-refractivity contribution is 5.83. The van der Waals surface area contributed by atoms with Crippen molar-refractivity contribution in [1.82, 2.24) is 5.43 Å². The van der Waals surface area contributed by atoms with Crippen molar-refractivity contribution in [2.24, 2.45) is 11.6 Å². The summed E-state index contributed by atoms with van der Waals surface area (Å²) in [7, 11) is 0. The van der Waals surface area contributed by atoms with Gasteiger partial charge in [0.15, 0.2) is 0 Å². The van der Waals surface area contributed by atoms with Crippen molar-refractivity contribution in [3.63, 3.8) is 0 Å². The van der Waals surface area contributed by atoms with E-state index < -0.39 is 0 Å². The number of nitrogens with one attached hydrogen (secondary N) is 2. The molecule has 0 saturated carbocycles. The lowest BCUT2D eigenvalue weighted by molar-refractivity contribution is 0.987. The molecule has 3 rings (SSSR count). The number of hydrogen-bond donors (Lipinski definition) is 4. The highest BCUT2D eigenvalue weighted by atomic mass is 15.2. The minimum Gasteiger partial charge on any atom is -0.403 e. The molecule has 0 aliphatic rings. The summed E-state index contributed by atoms with van der Waals surface area (Å²) in [5.74, 6) is 5.46. The Morgan fingerprint density at radius 3 is 2.52 bits per heavy atom. The molecular weight excluding hydrogens is 284 g/mol. The van der Waals surface area contributed by atoms with E-state index >= 15 is 0 Å². The molecule has 116 valence electrons. The van der Waals surface area contributed by atoms with Gasteiger partial charge in [-0.1, -0.05) is 48.5 Å². The van der Waals surface area contributed by atoms with Crippen LogP contribution < -0.4 is 22.3 Å². The predicted octanol–water partition coefficient (Wildman–Crippen LogP) is 3.17. The molecule has 4 nitrogen and oxygen atoms in total. The van der Waals surface area contributed by atoms with Gasteiger partial charge in [0.1, 0.15) is 0 Å². The molecule has 0 aliphatic heterocycles. The number of rotatable bonds is 5. The number of anilines is 1. The summed E-state index contributed by atoms with van der Waals surface area (Å²) in [6.45, 7) is 0.756. The molecule has 0 spiro atoms. The van der Waals surface area contributed by atoms with E-state index in [1.807, 2.05) is 24.3 Å². The maximum Gasteiger partial charge on any atom is 0.0714 e. The monoisotopic (exact) mass is 304 g/mol. The molecule has 0 aromatic heterocycles. The Labute approximate surface area is 135 Å². The second kappa shape index (κ2) is 6.85. The zero-order chi connectivity index (χ0) is 16.1. The van der Waals surface area contributed by atoms with Crippen molar-refractivity contribution in [1.29, 1.82) is 0 Å². The summed E-state index contributed by atoms with van der Waals surface area (Å²) >= 11 is 0. The third-order valence-corrected chi connectivity index (χ3v) is 3.81. The molecule has 23 heavy (non-hydrogen) atoms. The summed E-state index contributed by atoms with van der Waals surface area (Å²) in [6.07, 6.45) is 1.46. The van der Waals surface area contributed by atoms with E-state index in [2.05, 4.69) is 53.2 Å². The third kappa shape index (κ3) is 3.44. The quantitative estimate of drug-likeness (QED) is 0.431. The van der Waals surface area contributed by atoms with Crippen LogP contribution in [0.1, 0.15) is 11.1 Å². The lowest BCUT2D eigenvalue weighted by Gasteiger charge is -2.11. The molecule has 0 fully saturated rings. The summed E-state index contributed by atoms with van der Waals surface area (Å²) in [5.41, 5.74) is 12.0. The van der Waals surface area contributed by atoms with Crippen LogP contribution in [0.4, 0.5) is 5.69 Å². The van der Waals surface area contributed by atoms with E-state index in [1.165, 1.54) is 22.5 Å². The second-order valence-corrected chi connectivity index (χ2v) is 5.34. The van der Waals surface area contributed by atoms with Crippen molar-refractivity contribution >= 4 is 22.2 Å². The molecule has 0 bridgehead atoms. The van der Waals surface area contributed by atoms with Crippen LogP contribution in [0.2, 0.25) is 0 Å². The van der Waals surface area contributed by atoms with Gasteiger partial charge < -0.3 is 16.5 Å². The first-order valence-corrected chi connectivity index (χ1v) is 7.50. The number of benzene rings is 3. The predicted molar refractivity (Wildman–Crippen MR) is 97.2 cm³/mol. The first-order valence-electron chi connectivity index (χ1n) is 7.50. The number of nitrogens with two attached hydrogens (primary N) is 2. The summed E-state index contributed by atoms with van der Waals surface area (Å²) in [4.78, 5) is 0. The SMILES string of the molecule is N/C=C(\NN)c1cccc(NCc2ccc3ccccc3c2)c1. The largest absolute Gasteiger partial charge is 0.403 e. The van der Waals surface area contributed by atoms with Crippen LogP contribution in [-0.2, 0) is 6.54 Å². The van der Waals surface area contributed by atoms with Gasteiger partial charge in [0.05, 0.1) is 5.70 Å². The van der Waals surface area contributed by atoms with Crippen LogP contribution >= 0.6 is 0 Å². The highest BCUT2D eigenvalue weighted by Crippen LogP contribution is 2.19. The molecule has 0 radical (unpaired) electrons. The average molecular weight is 304 g/mol. The number of hydrazine groups is 1. The molecule has 3 aromatic carbocycles. The summed E-state index contributed by atoms with van der Waals surface area (Å²) in [5, 5.41) is 5.94. The van der Waals surface area contributed by atoms with E-state index in [0.29, 0.717) is 5.70 Å². The first-order chi connectivity index (χ1) is 11.3. The first kappa shape index (κ1) is 14.9. The minimum absolute atomic E-state index is 0.694. The van der Waals surface area contributed by atoms with E-state index in [0.717, 1.165) is 17.8 Å². The van der Waals surface area contributed by atoms with Crippen LogP contribution in [0.25, 0.3) is 16.5 Å². The molecule has 4 heteroatoms. The van der Waals surface area contributed by atoms with Crippen molar-refractivity contribution in [2.45, 2.75) is 6.54 Å². The van der Waals surface area contributed by atoms with Gasteiger partial charge in [0.25, 0.3) is 0 Å². The lowest BCUT2D eigenvalue weighted by Crippen LogP contribution is -2.21. The fourth-order valence-corrected chi connectivity index (χ4v) is 2.58. The average Bonchev–Trinajstić information content (AvgIpc) is 2.61. The normalized spacial score (nSPS) is 11.4. The smallest absolute Gasteiger partial charge is 0.0714 e. The Kier molecular flexibility index (Phi) is 4.45. The lowest BCUT2D eigenvalue weighted by atomic mass is 10.1. The summed E-state index contributed by atoms with van der Waals surface area (Å²) < 4.78 is 0. The van der Waals surface area contributed by atoms with E-state index in [-0.39, 0.29) is 0 Å². The van der Waals surface area contributed by atoms with Crippen molar-refractivity contribution in [3.05, 3.63) is 84.1 Å². The molecule has 0 aliphatic carbocycles. The van der Waals surface area contributed by atoms with Crippen molar-refractivity contribution in [2.75, 3.05) is 5.32 Å². The fraction of sp³-hybridized carbons (Fsp3) is 0.0526. The van der Waals surface area contributed by atoms with E-state index in [4.69, 9.17) is 11.6 Å². The molecule has 0 heterocycles. The zero-order valence-corrected chi connectivity index (χ0v) is 12.8. The van der Waals surface area contributed by atoms with Crippen LogP contribution in [0.15, 0.2) is 72.9 Å². The van der Waals surface area contributed by atoms with Crippen LogP contribution in [-0.4, -0.2) is 0 Å². The second-order valence-electron chi connectivity index (χ2n) is 5.34. The number of hydrogen-bond acceptors (Lipinski definition) is 4. The van der Waals surface area contributed by atoms with Crippen LogP contribution in [0, 0.1) is 0 Å². The Bertz CT molecular complexity index is 839. The summed E-state index contributed by atoms with van der Waals surface area (Å²) in [6, 6.07) is 22.8. The molecule has 0 unspecified atom stereocenters.